The number of aromatic amines is 1. The first-order valence-electron chi connectivity index (χ1n) is 6.30. The lowest BCUT2D eigenvalue weighted by Crippen LogP contribution is -1.92. The van der Waals surface area contributed by atoms with Crippen molar-refractivity contribution in [1.29, 1.82) is 5.26 Å². The summed E-state index contributed by atoms with van der Waals surface area (Å²) in [5, 5.41) is 10.1. The summed E-state index contributed by atoms with van der Waals surface area (Å²) in [7, 11) is 1.63. The van der Waals surface area contributed by atoms with Gasteiger partial charge in [-0.3, -0.25) is 4.98 Å². The normalized spacial score (nSPS) is 10.4. The zero-order valence-electron chi connectivity index (χ0n) is 11.1. The van der Waals surface area contributed by atoms with Crippen LogP contribution in [-0.2, 0) is 6.42 Å². The first kappa shape index (κ1) is 12.2. The zero-order chi connectivity index (χ0) is 13.9. The van der Waals surface area contributed by atoms with E-state index in [2.05, 4.69) is 16.0 Å². The van der Waals surface area contributed by atoms with Gasteiger partial charge in [0.25, 0.3) is 0 Å². The van der Waals surface area contributed by atoms with Crippen LogP contribution in [0.1, 0.15) is 5.56 Å². The van der Waals surface area contributed by atoms with Crippen LogP contribution in [0.25, 0.3) is 22.2 Å². The topological polar surface area (TPSA) is 61.7 Å². The maximum absolute atomic E-state index is 9.08. The summed E-state index contributed by atoms with van der Waals surface area (Å²) in [6.45, 7) is 0. The summed E-state index contributed by atoms with van der Waals surface area (Å²) in [6.07, 6.45) is 3.79. The van der Waals surface area contributed by atoms with Crippen LogP contribution in [0.2, 0.25) is 0 Å². The number of benzene rings is 1. The van der Waals surface area contributed by atoms with Crippen molar-refractivity contribution in [3.8, 4) is 23.1 Å². The molecule has 3 rings (SSSR count). The fraction of sp³-hybridized carbons (Fsp3) is 0.125. The van der Waals surface area contributed by atoms with Crippen molar-refractivity contribution < 1.29 is 4.74 Å². The van der Waals surface area contributed by atoms with Crippen molar-refractivity contribution in [3.63, 3.8) is 0 Å². The molecule has 0 spiro atoms. The quantitative estimate of drug-likeness (QED) is 0.788. The molecule has 0 bridgehead atoms. The van der Waals surface area contributed by atoms with Crippen LogP contribution < -0.4 is 4.74 Å². The molecule has 0 radical (unpaired) electrons. The van der Waals surface area contributed by atoms with E-state index < -0.39 is 0 Å². The van der Waals surface area contributed by atoms with Crippen LogP contribution >= 0.6 is 0 Å². The molecular weight excluding hydrogens is 250 g/mol. The third-order valence-corrected chi connectivity index (χ3v) is 3.34. The highest BCUT2D eigenvalue weighted by Gasteiger charge is 2.15. The third-order valence-electron chi connectivity index (χ3n) is 3.34. The second-order valence-corrected chi connectivity index (χ2v) is 4.43. The van der Waals surface area contributed by atoms with Crippen molar-refractivity contribution in [1.82, 2.24) is 9.97 Å². The summed E-state index contributed by atoms with van der Waals surface area (Å²) in [4.78, 5) is 7.53. The highest BCUT2D eigenvalue weighted by Crippen LogP contribution is 2.35. The highest BCUT2D eigenvalue weighted by molar-refractivity contribution is 5.91. The molecule has 4 heteroatoms. The molecule has 1 aromatic carbocycles. The van der Waals surface area contributed by atoms with E-state index in [4.69, 9.17) is 10.00 Å². The Balaban J connectivity index is 2.30. The molecule has 2 aromatic heterocycles. The van der Waals surface area contributed by atoms with Gasteiger partial charge in [-0.15, -0.1) is 0 Å². The predicted octanol–water partition coefficient (Wildman–Crippen LogP) is 3.30. The van der Waals surface area contributed by atoms with Crippen LogP contribution in [0.3, 0.4) is 0 Å². The van der Waals surface area contributed by atoms with Crippen molar-refractivity contribution >= 4 is 10.9 Å². The number of hydrogen-bond acceptors (Lipinski definition) is 3. The molecule has 0 fully saturated rings. The van der Waals surface area contributed by atoms with Crippen molar-refractivity contribution in [2.45, 2.75) is 6.42 Å². The maximum atomic E-state index is 9.08. The Hall–Kier alpha value is -2.80. The molecule has 0 aliphatic rings. The molecule has 0 atom stereocenters. The smallest absolute Gasteiger partial charge is 0.131 e. The van der Waals surface area contributed by atoms with Crippen LogP contribution in [0.4, 0.5) is 0 Å². The van der Waals surface area contributed by atoms with Gasteiger partial charge in [-0.05, 0) is 17.7 Å². The number of methoxy groups -OCH3 is 1. The standard InChI is InChI=1S/C16H13N3O/c1-20-15-7-9-18-10-13(15)16-12(6-8-17)11-4-2-3-5-14(11)19-16/h2-5,7,9-10,19H,6H2,1H3. The van der Waals surface area contributed by atoms with E-state index in [9.17, 15) is 0 Å². The number of para-hydroxylation sites is 1. The number of nitrogens with one attached hydrogen (secondary N) is 1. The van der Waals surface area contributed by atoms with Crippen molar-refractivity contribution in [3.05, 3.63) is 48.3 Å². The maximum Gasteiger partial charge on any atom is 0.131 e. The highest BCUT2D eigenvalue weighted by atomic mass is 16.5. The molecule has 4 nitrogen and oxygen atoms in total. The zero-order valence-corrected chi connectivity index (χ0v) is 11.1. The Morgan fingerprint density at radius 1 is 1.30 bits per heavy atom. The largest absolute Gasteiger partial charge is 0.496 e. The average molecular weight is 263 g/mol. The molecule has 0 aliphatic carbocycles. The molecule has 0 unspecified atom stereocenters. The lowest BCUT2D eigenvalue weighted by molar-refractivity contribution is 0.416. The summed E-state index contributed by atoms with van der Waals surface area (Å²) in [5.41, 5.74) is 3.77. The summed E-state index contributed by atoms with van der Waals surface area (Å²) < 4.78 is 5.39. The van der Waals surface area contributed by atoms with Gasteiger partial charge in [-0.2, -0.15) is 5.26 Å². The molecule has 0 amide bonds. The lowest BCUT2D eigenvalue weighted by atomic mass is 10.0. The fourth-order valence-electron chi connectivity index (χ4n) is 2.44. The average Bonchev–Trinajstić information content (AvgIpc) is 2.86. The molecule has 2 heterocycles. The number of aromatic nitrogens is 2. The van der Waals surface area contributed by atoms with Crippen LogP contribution in [-0.4, -0.2) is 17.1 Å². The Kier molecular flexibility index (Phi) is 3.10. The lowest BCUT2D eigenvalue weighted by Gasteiger charge is -2.07. The minimum atomic E-state index is 0.345. The third kappa shape index (κ3) is 1.90. The number of hydrogen-bond donors (Lipinski definition) is 1. The Morgan fingerprint density at radius 3 is 2.95 bits per heavy atom. The van der Waals surface area contributed by atoms with E-state index >= 15 is 0 Å². The second kappa shape index (κ2) is 5.06. The summed E-state index contributed by atoms with van der Waals surface area (Å²) >= 11 is 0. The second-order valence-electron chi connectivity index (χ2n) is 4.43. The van der Waals surface area contributed by atoms with Gasteiger partial charge >= 0.3 is 0 Å². The molecule has 20 heavy (non-hydrogen) atoms. The SMILES string of the molecule is COc1ccncc1-c1[nH]c2ccccc2c1CC#N. The number of pyridine rings is 1. The van der Waals surface area contributed by atoms with Gasteiger partial charge in [0, 0.05) is 23.3 Å². The summed E-state index contributed by atoms with van der Waals surface area (Å²) in [6, 6.07) is 12.0. The monoisotopic (exact) mass is 263 g/mol. The Labute approximate surface area is 116 Å². The van der Waals surface area contributed by atoms with E-state index in [0.717, 1.165) is 33.5 Å². The number of nitrogens with zero attached hydrogens (tertiary/aromatic N) is 2. The van der Waals surface area contributed by atoms with Gasteiger partial charge in [0.2, 0.25) is 0 Å². The number of fused-ring (bicyclic) bond motifs is 1. The first-order chi connectivity index (χ1) is 9.85. The Morgan fingerprint density at radius 2 is 2.15 bits per heavy atom. The minimum absolute atomic E-state index is 0.345. The van der Waals surface area contributed by atoms with Crippen LogP contribution in [0.5, 0.6) is 5.75 Å². The molecule has 0 saturated heterocycles. The van der Waals surface area contributed by atoms with Gasteiger partial charge in [-0.1, -0.05) is 18.2 Å². The molecule has 0 saturated carbocycles. The van der Waals surface area contributed by atoms with Gasteiger partial charge in [0.15, 0.2) is 0 Å². The van der Waals surface area contributed by atoms with Crippen LogP contribution in [0, 0.1) is 11.3 Å². The van der Waals surface area contributed by atoms with Gasteiger partial charge in [-0.25, -0.2) is 0 Å². The van der Waals surface area contributed by atoms with E-state index in [-0.39, 0.29) is 0 Å². The van der Waals surface area contributed by atoms with E-state index in [1.165, 1.54) is 0 Å². The number of nitriles is 1. The number of rotatable bonds is 3. The first-order valence-corrected chi connectivity index (χ1v) is 6.30. The number of H-pyrrole nitrogens is 1. The Bertz CT molecular complexity index is 799. The van der Waals surface area contributed by atoms with Gasteiger partial charge in [0.1, 0.15) is 5.75 Å². The molecular formula is C16H13N3O. The number of ether oxygens (including phenoxy) is 1. The molecule has 1 N–H and O–H groups in total. The van der Waals surface area contributed by atoms with E-state index in [1.807, 2.05) is 30.3 Å². The van der Waals surface area contributed by atoms with Crippen LogP contribution in [0.15, 0.2) is 42.7 Å². The molecule has 98 valence electrons. The minimum Gasteiger partial charge on any atom is -0.496 e. The summed E-state index contributed by atoms with van der Waals surface area (Å²) in [5.74, 6) is 0.741. The van der Waals surface area contributed by atoms with Gasteiger partial charge < -0.3 is 9.72 Å². The molecule has 0 aliphatic heterocycles. The van der Waals surface area contributed by atoms with Gasteiger partial charge in [0.05, 0.1) is 30.9 Å². The van der Waals surface area contributed by atoms with Crippen molar-refractivity contribution in [2.24, 2.45) is 0 Å². The van der Waals surface area contributed by atoms with Crippen molar-refractivity contribution in [2.75, 3.05) is 7.11 Å². The predicted molar refractivity (Wildman–Crippen MR) is 77.4 cm³/mol. The fourth-order valence-corrected chi connectivity index (χ4v) is 2.44. The molecule has 3 aromatic rings. The van der Waals surface area contributed by atoms with E-state index in [0.29, 0.717) is 6.42 Å². The van der Waals surface area contributed by atoms with E-state index in [1.54, 1.807) is 19.5 Å².